The Morgan fingerprint density at radius 2 is 1.89 bits per heavy atom. The average molecular weight is 514 g/mol. The highest BCUT2D eigenvalue weighted by atomic mass is 35.5. The summed E-state index contributed by atoms with van der Waals surface area (Å²) in [4.78, 5) is 29.7. The zero-order chi connectivity index (χ0) is 25.3. The van der Waals surface area contributed by atoms with Gasteiger partial charge in [-0.05, 0) is 56.4 Å². The smallest absolute Gasteiger partial charge is 0.289 e. The molecule has 3 aliphatic carbocycles. The highest BCUT2D eigenvalue weighted by Crippen LogP contribution is 2.47. The van der Waals surface area contributed by atoms with Gasteiger partial charge in [0.1, 0.15) is 11.6 Å². The Kier molecular flexibility index (Phi) is 6.44. The Balaban J connectivity index is 1.18. The van der Waals surface area contributed by atoms with Crippen LogP contribution in [0.3, 0.4) is 0 Å². The first-order valence-electron chi connectivity index (χ1n) is 11.7. The number of rotatable bonds is 7. The minimum absolute atomic E-state index is 0.0336. The second-order valence-electron chi connectivity index (χ2n) is 9.42. The lowest BCUT2D eigenvalue weighted by atomic mass is 9.60. The summed E-state index contributed by atoms with van der Waals surface area (Å²) in [5.74, 6) is -0.804. The zero-order valence-electron chi connectivity index (χ0n) is 19.3. The molecule has 3 N–H and O–H groups in total. The zero-order valence-corrected chi connectivity index (χ0v) is 20.1. The fourth-order valence-electron chi connectivity index (χ4n) is 5.09. The van der Waals surface area contributed by atoms with E-state index in [9.17, 15) is 19.1 Å². The van der Waals surface area contributed by atoms with Gasteiger partial charge in [0.15, 0.2) is 6.61 Å². The first kappa shape index (κ1) is 24.3. The average Bonchev–Trinajstić information content (AvgIpc) is 3.37. The van der Waals surface area contributed by atoms with E-state index in [4.69, 9.17) is 20.8 Å². The van der Waals surface area contributed by atoms with Crippen molar-refractivity contribution in [2.24, 2.45) is 0 Å². The van der Waals surface area contributed by atoms with Crippen molar-refractivity contribution in [2.45, 2.75) is 49.3 Å². The lowest BCUT2D eigenvalue weighted by Gasteiger charge is -2.56. The van der Waals surface area contributed by atoms with Crippen LogP contribution in [0.25, 0.3) is 11.5 Å². The molecule has 1 aromatic heterocycles. The van der Waals surface area contributed by atoms with Crippen LogP contribution in [0.1, 0.15) is 42.7 Å². The van der Waals surface area contributed by atoms with Crippen molar-refractivity contribution in [3.8, 4) is 17.2 Å². The molecule has 1 atom stereocenters. The molecule has 1 heterocycles. The molecule has 2 amide bonds. The number of halogens is 2. The third kappa shape index (κ3) is 4.81. The van der Waals surface area contributed by atoms with Gasteiger partial charge in [0.2, 0.25) is 11.7 Å². The van der Waals surface area contributed by atoms with Crippen LogP contribution in [-0.4, -0.2) is 45.7 Å². The van der Waals surface area contributed by atoms with Gasteiger partial charge >= 0.3 is 0 Å². The van der Waals surface area contributed by atoms with Gasteiger partial charge in [-0.15, -0.1) is 0 Å². The largest absolute Gasteiger partial charge is 0.484 e. The molecule has 3 saturated carbocycles. The maximum absolute atomic E-state index is 13.6. The van der Waals surface area contributed by atoms with E-state index < -0.39 is 28.9 Å². The van der Waals surface area contributed by atoms with E-state index >= 15 is 0 Å². The summed E-state index contributed by atoms with van der Waals surface area (Å²) in [6.07, 6.45) is 2.97. The van der Waals surface area contributed by atoms with Crippen LogP contribution >= 0.6 is 11.6 Å². The van der Waals surface area contributed by atoms with Crippen LogP contribution in [0, 0.1) is 5.82 Å². The molecule has 3 aromatic rings. The van der Waals surface area contributed by atoms with Crippen molar-refractivity contribution in [3.05, 3.63) is 71.3 Å². The standard InChI is InChI=1S/C26H25ClFN3O5/c27-18-7-6-17(12-19(18)28)35-15-22(33)30-26-10-8-25(9-11-26,13-21(26)32)31-23(34)20-14-29-24(36-20)16-4-2-1-3-5-16/h1-7,12,14,21,32H,8-11,13,15H2,(H,30,33)(H,31,34)/t21-,25?,26?/m0/s1. The van der Waals surface area contributed by atoms with Crippen molar-refractivity contribution in [1.82, 2.24) is 15.6 Å². The summed E-state index contributed by atoms with van der Waals surface area (Å²) in [6, 6.07) is 13.2. The summed E-state index contributed by atoms with van der Waals surface area (Å²) >= 11 is 5.66. The maximum atomic E-state index is 13.6. The summed E-state index contributed by atoms with van der Waals surface area (Å²) in [7, 11) is 0. The van der Waals surface area contributed by atoms with E-state index in [0.717, 1.165) is 11.6 Å². The van der Waals surface area contributed by atoms with Crippen LogP contribution in [-0.2, 0) is 4.79 Å². The molecule has 3 fully saturated rings. The summed E-state index contributed by atoms with van der Waals surface area (Å²) in [5.41, 5.74) is -0.628. The van der Waals surface area contributed by atoms with Gasteiger partial charge in [0, 0.05) is 17.2 Å². The first-order chi connectivity index (χ1) is 17.3. The van der Waals surface area contributed by atoms with E-state index in [1.54, 1.807) is 0 Å². The predicted molar refractivity (Wildman–Crippen MR) is 129 cm³/mol. The van der Waals surface area contributed by atoms with Gasteiger partial charge < -0.3 is 24.9 Å². The molecule has 8 nitrogen and oxygen atoms in total. The number of aliphatic hydroxyl groups is 1. The molecule has 3 aliphatic rings. The normalized spacial score (nSPS) is 24.8. The number of fused-ring (bicyclic) bond motifs is 3. The quantitative estimate of drug-likeness (QED) is 0.442. The molecular weight excluding hydrogens is 489 g/mol. The van der Waals surface area contributed by atoms with Gasteiger partial charge in [-0.2, -0.15) is 0 Å². The van der Waals surface area contributed by atoms with Crippen LogP contribution in [0.5, 0.6) is 5.75 Å². The van der Waals surface area contributed by atoms with E-state index in [-0.39, 0.29) is 29.0 Å². The van der Waals surface area contributed by atoms with Gasteiger partial charge in [-0.25, -0.2) is 9.37 Å². The van der Waals surface area contributed by atoms with Crippen LogP contribution < -0.4 is 15.4 Å². The highest BCUT2D eigenvalue weighted by molar-refractivity contribution is 6.30. The number of oxazole rings is 1. The molecule has 2 aromatic carbocycles. The lowest BCUT2D eigenvalue weighted by molar-refractivity contribution is -0.132. The van der Waals surface area contributed by atoms with Crippen molar-refractivity contribution < 1.29 is 28.2 Å². The van der Waals surface area contributed by atoms with Crippen LogP contribution in [0.4, 0.5) is 4.39 Å². The molecule has 36 heavy (non-hydrogen) atoms. The summed E-state index contributed by atoms with van der Waals surface area (Å²) in [5, 5.41) is 16.9. The molecule has 0 radical (unpaired) electrons. The Morgan fingerprint density at radius 3 is 2.58 bits per heavy atom. The predicted octanol–water partition coefficient (Wildman–Crippen LogP) is 3.88. The molecular formula is C26H25ClFN3O5. The van der Waals surface area contributed by atoms with E-state index in [0.29, 0.717) is 38.0 Å². The van der Waals surface area contributed by atoms with E-state index in [1.165, 1.54) is 18.3 Å². The number of amides is 2. The summed E-state index contributed by atoms with van der Waals surface area (Å²) in [6.45, 7) is -0.327. The fraction of sp³-hybridized carbons (Fsp3) is 0.346. The number of aromatic nitrogens is 1. The molecule has 0 spiro atoms. The first-order valence-corrected chi connectivity index (χ1v) is 12.1. The second kappa shape index (κ2) is 9.55. The van der Waals surface area contributed by atoms with Crippen molar-refractivity contribution in [3.63, 3.8) is 0 Å². The van der Waals surface area contributed by atoms with Crippen molar-refractivity contribution in [2.75, 3.05) is 6.61 Å². The number of ether oxygens (including phenoxy) is 1. The second-order valence-corrected chi connectivity index (χ2v) is 9.83. The number of hydrogen-bond acceptors (Lipinski definition) is 6. The molecule has 6 rings (SSSR count). The Hall–Kier alpha value is -3.43. The number of carbonyl (C=O) groups is 2. The monoisotopic (exact) mass is 513 g/mol. The Labute approximate surface area is 211 Å². The minimum atomic E-state index is -0.855. The summed E-state index contributed by atoms with van der Waals surface area (Å²) < 4.78 is 24.6. The number of hydrogen-bond donors (Lipinski definition) is 3. The highest BCUT2D eigenvalue weighted by Gasteiger charge is 2.55. The molecule has 0 saturated heterocycles. The number of benzene rings is 2. The molecule has 0 aliphatic heterocycles. The van der Waals surface area contributed by atoms with Crippen LogP contribution in [0.15, 0.2) is 59.1 Å². The Bertz CT molecular complexity index is 1270. The SMILES string of the molecule is O=C(COc1ccc(Cl)c(F)c1)NC12CCC(NC(=O)c3cnc(-c4ccccc4)o3)(CC1)C[C@@H]2O. The lowest BCUT2D eigenvalue weighted by Crippen LogP contribution is -2.70. The van der Waals surface area contributed by atoms with Gasteiger partial charge in [-0.1, -0.05) is 29.8 Å². The third-order valence-corrected chi connectivity index (χ3v) is 7.41. The Morgan fingerprint density at radius 1 is 1.14 bits per heavy atom. The van der Waals surface area contributed by atoms with E-state index in [2.05, 4.69) is 15.6 Å². The van der Waals surface area contributed by atoms with Gasteiger partial charge in [-0.3, -0.25) is 9.59 Å². The number of nitrogens with one attached hydrogen (secondary N) is 2. The number of aliphatic hydroxyl groups excluding tert-OH is 1. The molecule has 10 heteroatoms. The van der Waals surface area contributed by atoms with Gasteiger partial charge in [0.05, 0.1) is 22.9 Å². The number of carbonyl (C=O) groups excluding carboxylic acids is 2. The maximum Gasteiger partial charge on any atom is 0.289 e. The topological polar surface area (TPSA) is 114 Å². The fourth-order valence-corrected chi connectivity index (χ4v) is 5.20. The van der Waals surface area contributed by atoms with E-state index in [1.807, 2.05) is 30.3 Å². The molecule has 188 valence electrons. The van der Waals surface area contributed by atoms with Crippen molar-refractivity contribution in [1.29, 1.82) is 0 Å². The van der Waals surface area contributed by atoms with Crippen LogP contribution in [0.2, 0.25) is 5.02 Å². The van der Waals surface area contributed by atoms with Crippen molar-refractivity contribution >= 4 is 23.4 Å². The minimum Gasteiger partial charge on any atom is -0.484 e. The molecule has 0 unspecified atom stereocenters. The van der Waals surface area contributed by atoms with Gasteiger partial charge in [0.25, 0.3) is 11.8 Å². The molecule has 2 bridgehead atoms. The third-order valence-electron chi connectivity index (χ3n) is 7.10. The number of nitrogens with zero attached hydrogens (tertiary/aromatic N) is 1.